The van der Waals surface area contributed by atoms with Crippen LogP contribution >= 0.6 is 0 Å². The van der Waals surface area contributed by atoms with Crippen molar-refractivity contribution >= 4 is 0 Å². The molecule has 0 aromatic heterocycles. The van der Waals surface area contributed by atoms with Crippen molar-refractivity contribution in [1.82, 2.24) is 0 Å². The van der Waals surface area contributed by atoms with Gasteiger partial charge >= 0.3 is 12.3 Å². The number of rotatable bonds is 11. The fraction of sp³-hybridized carbons (Fsp3) is 0.182. The van der Waals surface area contributed by atoms with Crippen LogP contribution in [0.3, 0.4) is 0 Å². The molecule has 0 heterocycles. The summed E-state index contributed by atoms with van der Waals surface area (Å²) in [5.41, 5.74) is -4.18. The normalized spacial score (nSPS) is 13.5. The van der Waals surface area contributed by atoms with Crippen LogP contribution in [0, 0.1) is 0 Å². The Balaban J connectivity index is 5.54. The number of ether oxygens (including phenoxy) is 1. The molecule has 0 amide bonds. The first-order valence-electron chi connectivity index (χ1n) is 8.34. The molecule has 170 valence electrons. The highest BCUT2D eigenvalue weighted by molar-refractivity contribution is 5.51. The third-order valence-corrected chi connectivity index (χ3v) is 3.62. The zero-order chi connectivity index (χ0) is 24.7. The molecule has 0 aromatic rings. The van der Waals surface area contributed by atoms with Gasteiger partial charge in [-0.1, -0.05) is 58.0 Å². The summed E-state index contributed by atoms with van der Waals surface area (Å²) in [6.45, 7) is 19.7. The summed E-state index contributed by atoms with van der Waals surface area (Å²) >= 11 is 0. The molecule has 1 nitrogen and oxygen atoms in total. The van der Waals surface area contributed by atoms with Gasteiger partial charge in [-0.3, -0.25) is 0 Å². The summed E-state index contributed by atoms with van der Waals surface area (Å²) in [4.78, 5) is 0. The van der Waals surface area contributed by atoms with Crippen LogP contribution in [0.4, 0.5) is 35.1 Å². The van der Waals surface area contributed by atoms with Gasteiger partial charge in [-0.15, -0.1) is 0 Å². The summed E-state index contributed by atoms with van der Waals surface area (Å²) in [6, 6.07) is 0. The number of allylic oxidation sites excluding steroid dienone is 9. The Bertz CT molecular complexity index is 895. The Labute approximate surface area is 175 Å². The molecule has 31 heavy (non-hydrogen) atoms. The van der Waals surface area contributed by atoms with Crippen molar-refractivity contribution in [1.29, 1.82) is 0 Å². The van der Waals surface area contributed by atoms with Crippen LogP contribution in [-0.2, 0) is 4.74 Å². The molecule has 0 bridgehead atoms. The maximum absolute atomic E-state index is 14.2. The quantitative estimate of drug-likeness (QED) is 0.174. The molecule has 0 spiro atoms. The minimum Gasteiger partial charge on any atom is -0.426 e. The molecule has 0 aliphatic rings. The molecular weight excluding hydrogens is 432 g/mol. The Morgan fingerprint density at radius 2 is 1.35 bits per heavy atom. The number of hydrogen-bond donors (Lipinski definition) is 0. The SMILES string of the molecule is C=C(/C=C\C(=C)C(F)(F)OC(=C)/C(F)=C(/F)C(=C)C(=C)/C=C(/F)C(=C)C(F)(F)F)CC. The zero-order valence-electron chi connectivity index (χ0n) is 16.6. The van der Waals surface area contributed by atoms with E-state index in [1.807, 2.05) is 0 Å². The predicted octanol–water partition coefficient (Wildman–Crippen LogP) is 8.42. The van der Waals surface area contributed by atoms with Gasteiger partial charge in [0.2, 0.25) is 5.83 Å². The van der Waals surface area contributed by atoms with Gasteiger partial charge in [0.05, 0.1) is 11.1 Å². The first kappa shape index (κ1) is 27.9. The number of hydrogen-bond acceptors (Lipinski definition) is 1. The standard InChI is InChI=1S/C22H20F8O/c1-8-12(2)9-10-14(4)22(29,30)31-17(7)20(25)19(24)15(5)13(3)11-18(23)16(6)21(26,27)28/h9-11H,2-8H2,1H3/b10-9-,18-11+,20-19-. The topological polar surface area (TPSA) is 9.23 Å². The highest BCUT2D eigenvalue weighted by Gasteiger charge is 2.37. The van der Waals surface area contributed by atoms with E-state index in [9.17, 15) is 35.1 Å². The van der Waals surface area contributed by atoms with E-state index >= 15 is 0 Å². The lowest BCUT2D eigenvalue weighted by molar-refractivity contribution is -0.178. The van der Waals surface area contributed by atoms with E-state index in [1.54, 1.807) is 6.92 Å². The third-order valence-electron chi connectivity index (χ3n) is 3.62. The molecule has 0 saturated heterocycles. The van der Waals surface area contributed by atoms with Crippen LogP contribution in [-0.4, -0.2) is 12.3 Å². The van der Waals surface area contributed by atoms with Gasteiger partial charge in [0.1, 0.15) is 5.83 Å². The predicted molar refractivity (Wildman–Crippen MR) is 105 cm³/mol. The van der Waals surface area contributed by atoms with Gasteiger partial charge in [-0.05, 0) is 24.1 Å². The second-order valence-electron chi connectivity index (χ2n) is 6.01. The van der Waals surface area contributed by atoms with Gasteiger partial charge in [0, 0.05) is 5.57 Å². The van der Waals surface area contributed by atoms with Crippen molar-refractivity contribution in [3.8, 4) is 0 Å². The van der Waals surface area contributed by atoms with Crippen molar-refractivity contribution in [2.75, 3.05) is 0 Å². The zero-order valence-corrected chi connectivity index (χ0v) is 16.6. The van der Waals surface area contributed by atoms with E-state index in [1.165, 1.54) is 6.08 Å². The fourth-order valence-corrected chi connectivity index (χ4v) is 1.56. The largest absolute Gasteiger partial charge is 0.426 e. The minimum absolute atomic E-state index is 0.108. The highest BCUT2D eigenvalue weighted by atomic mass is 19.4. The number of alkyl halides is 5. The molecule has 0 unspecified atom stereocenters. The Hall–Kier alpha value is -3.10. The molecule has 0 aromatic carbocycles. The molecule has 0 radical (unpaired) electrons. The molecule has 9 heteroatoms. The third kappa shape index (κ3) is 8.27. The first-order valence-corrected chi connectivity index (χ1v) is 8.34. The van der Waals surface area contributed by atoms with Gasteiger partial charge in [0.15, 0.2) is 11.6 Å². The van der Waals surface area contributed by atoms with E-state index in [0.717, 1.165) is 6.08 Å². The van der Waals surface area contributed by atoms with Gasteiger partial charge < -0.3 is 4.74 Å². The lowest BCUT2D eigenvalue weighted by Crippen LogP contribution is -2.22. The molecule has 0 aliphatic heterocycles. The summed E-state index contributed by atoms with van der Waals surface area (Å²) in [5, 5.41) is 0. The van der Waals surface area contributed by atoms with E-state index in [4.69, 9.17) is 0 Å². The van der Waals surface area contributed by atoms with Crippen LogP contribution in [0.25, 0.3) is 0 Å². The van der Waals surface area contributed by atoms with Crippen molar-refractivity contribution in [2.24, 2.45) is 0 Å². The second-order valence-corrected chi connectivity index (χ2v) is 6.01. The van der Waals surface area contributed by atoms with Crippen LogP contribution in [0.15, 0.2) is 109 Å². The van der Waals surface area contributed by atoms with Crippen LogP contribution in [0.1, 0.15) is 13.3 Å². The Morgan fingerprint density at radius 1 is 0.839 bits per heavy atom. The lowest BCUT2D eigenvalue weighted by atomic mass is 10.1. The molecule has 0 fully saturated rings. The van der Waals surface area contributed by atoms with Crippen molar-refractivity contribution in [3.63, 3.8) is 0 Å². The molecule has 0 N–H and O–H groups in total. The van der Waals surface area contributed by atoms with Gasteiger partial charge in [-0.25, -0.2) is 8.78 Å². The highest BCUT2D eigenvalue weighted by Crippen LogP contribution is 2.35. The maximum atomic E-state index is 14.2. The Kier molecular flexibility index (Phi) is 9.71. The monoisotopic (exact) mass is 452 g/mol. The fourth-order valence-electron chi connectivity index (χ4n) is 1.56. The smallest absolute Gasteiger partial charge is 0.426 e. The van der Waals surface area contributed by atoms with Crippen LogP contribution in [0.2, 0.25) is 0 Å². The van der Waals surface area contributed by atoms with E-state index in [-0.39, 0.29) is 6.08 Å². The van der Waals surface area contributed by atoms with E-state index in [0.29, 0.717) is 12.0 Å². The molecule has 0 atom stereocenters. The molecule has 0 rings (SSSR count). The summed E-state index contributed by atoms with van der Waals surface area (Å²) in [7, 11) is 0. The lowest BCUT2D eigenvalue weighted by Gasteiger charge is -2.19. The minimum atomic E-state index is -5.12. The average Bonchev–Trinajstić information content (AvgIpc) is 2.67. The molecule has 0 aliphatic carbocycles. The first-order chi connectivity index (χ1) is 14.0. The second kappa shape index (κ2) is 10.8. The maximum Gasteiger partial charge on any atom is 0.426 e. The van der Waals surface area contributed by atoms with E-state index < -0.39 is 57.8 Å². The van der Waals surface area contributed by atoms with E-state index in [2.05, 4.69) is 44.2 Å². The van der Waals surface area contributed by atoms with Crippen LogP contribution < -0.4 is 0 Å². The van der Waals surface area contributed by atoms with Crippen molar-refractivity contribution in [2.45, 2.75) is 25.6 Å². The summed E-state index contributed by atoms with van der Waals surface area (Å²) < 4.78 is 111. The molecular formula is C22H20F8O. The Morgan fingerprint density at radius 3 is 1.81 bits per heavy atom. The van der Waals surface area contributed by atoms with Crippen molar-refractivity contribution in [3.05, 3.63) is 109 Å². The average molecular weight is 452 g/mol. The summed E-state index contributed by atoms with van der Waals surface area (Å²) in [6.07, 6.45) is -6.65. The van der Waals surface area contributed by atoms with Crippen LogP contribution in [0.5, 0.6) is 0 Å². The van der Waals surface area contributed by atoms with Crippen molar-refractivity contribution < 1.29 is 39.9 Å². The summed E-state index contributed by atoms with van der Waals surface area (Å²) in [5.74, 6) is -7.40. The van der Waals surface area contributed by atoms with Gasteiger partial charge in [-0.2, -0.15) is 26.3 Å². The number of halogens is 8. The molecule has 0 saturated carbocycles. The van der Waals surface area contributed by atoms with Gasteiger partial charge in [0.25, 0.3) is 0 Å².